The molecule has 1 nitrogen and oxygen atoms in total. The Morgan fingerprint density at radius 1 is 0.938 bits per heavy atom. The van der Waals surface area contributed by atoms with Crippen molar-refractivity contribution < 1.29 is 5.11 Å². The molecule has 1 atom stereocenters. The molecule has 0 radical (unpaired) electrons. The lowest BCUT2D eigenvalue weighted by atomic mass is 10.4. The molecule has 0 heterocycles. The fourth-order valence-electron chi connectivity index (χ4n) is 2.67. The van der Waals surface area contributed by atoms with Crippen molar-refractivity contribution in [3.8, 4) is 23.8 Å². The monoisotopic (exact) mass is 236 g/mol. The van der Waals surface area contributed by atoms with E-state index in [1.807, 2.05) is 0 Å². The van der Waals surface area contributed by atoms with Crippen LogP contribution in [0.2, 0.25) is 16.6 Å². The minimum Gasteiger partial charge on any atom is -0.369 e. The first-order valence-corrected chi connectivity index (χ1v) is 8.19. The molecule has 0 aliphatic heterocycles. The molecule has 0 aromatic rings. The first kappa shape index (κ1) is 15.3. The fourth-order valence-corrected chi connectivity index (χ4v) is 7.92. The van der Waals surface area contributed by atoms with Crippen molar-refractivity contribution >= 4 is 8.07 Å². The van der Waals surface area contributed by atoms with Gasteiger partial charge in [-0.2, -0.15) is 0 Å². The molecule has 0 aromatic heterocycles. The Kier molecular flexibility index (Phi) is 5.87. The van der Waals surface area contributed by atoms with E-state index in [1.165, 1.54) is 0 Å². The zero-order valence-corrected chi connectivity index (χ0v) is 12.3. The van der Waals surface area contributed by atoms with Crippen LogP contribution in [0.5, 0.6) is 0 Å². The molecule has 1 N–H and O–H groups in total. The highest BCUT2D eigenvalue weighted by atomic mass is 28.3. The zero-order valence-electron chi connectivity index (χ0n) is 11.3. The van der Waals surface area contributed by atoms with Crippen molar-refractivity contribution in [2.45, 2.75) is 64.3 Å². The largest absolute Gasteiger partial charge is 0.369 e. The maximum Gasteiger partial charge on any atom is 0.175 e. The molecule has 16 heavy (non-hydrogen) atoms. The Morgan fingerprint density at radius 2 is 1.31 bits per heavy atom. The summed E-state index contributed by atoms with van der Waals surface area (Å²) in [7, 11) is -1.72. The van der Waals surface area contributed by atoms with Gasteiger partial charge in [-0.05, 0) is 16.6 Å². The van der Waals surface area contributed by atoms with Crippen molar-refractivity contribution in [1.29, 1.82) is 0 Å². The van der Waals surface area contributed by atoms with Gasteiger partial charge in [-0.3, -0.25) is 0 Å². The lowest BCUT2D eigenvalue weighted by molar-refractivity contribution is 0.290. The van der Waals surface area contributed by atoms with Crippen LogP contribution in [0.25, 0.3) is 0 Å². The second-order valence-electron chi connectivity index (χ2n) is 5.24. The van der Waals surface area contributed by atoms with E-state index in [-0.39, 0.29) is 0 Å². The number of terminal acetylenes is 1. The molecule has 0 saturated heterocycles. The summed E-state index contributed by atoms with van der Waals surface area (Å²) in [6, 6.07) is 0. The van der Waals surface area contributed by atoms with Gasteiger partial charge >= 0.3 is 0 Å². The van der Waals surface area contributed by atoms with Crippen molar-refractivity contribution in [2.24, 2.45) is 0 Å². The summed E-state index contributed by atoms with van der Waals surface area (Å²) in [5.41, 5.74) is 5.10. The van der Waals surface area contributed by atoms with Gasteiger partial charge in [0.15, 0.2) is 6.10 Å². The molecule has 0 rings (SSSR count). The molecule has 90 valence electrons. The molecule has 0 bridgehead atoms. The lowest BCUT2D eigenvalue weighted by Gasteiger charge is -2.38. The second kappa shape index (κ2) is 6.14. The summed E-state index contributed by atoms with van der Waals surface area (Å²) in [6.07, 6.45) is 4.23. The molecule has 2 heteroatoms. The number of hydrogen-bond donors (Lipinski definition) is 1. The van der Waals surface area contributed by atoms with Gasteiger partial charge in [0, 0.05) is 0 Å². The molecular formula is C14H24OSi. The molecule has 0 aliphatic carbocycles. The quantitative estimate of drug-likeness (QED) is 0.589. The van der Waals surface area contributed by atoms with Crippen molar-refractivity contribution in [3.05, 3.63) is 0 Å². The summed E-state index contributed by atoms with van der Waals surface area (Å²) >= 11 is 0. The van der Waals surface area contributed by atoms with Crippen molar-refractivity contribution in [2.75, 3.05) is 0 Å². The topological polar surface area (TPSA) is 20.2 Å². The number of aliphatic hydroxyl groups excluding tert-OH is 1. The van der Waals surface area contributed by atoms with Crippen molar-refractivity contribution in [3.63, 3.8) is 0 Å². The second-order valence-corrected chi connectivity index (χ2v) is 10.8. The maximum absolute atomic E-state index is 9.38. The van der Waals surface area contributed by atoms with E-state index in [0.717, 1.165) is 0 Å². The predicted molar refractivity (Wildman–Crippen MR) is 73.7 cm³/mol. The standard InChI is InChI=1S/C14H24OSi/c1-8-14(15)9-10-16(11(2)3,12(4)5)13(6)7/h1,11-15H,2-7H3/t14-/m0/s1. The normalized spacial score (nSPS) is 13.6. The van der Waals surface area contributed by atoms with Gasteiger partial charge < -0.3 is 5.11 Å². The van der Waals surface area contributed by atoms with E-state index in [4.69, 9.17) is 6.42 Å². The van der Waals surface area contributed by atoms with Crippen LogP contribution in [0.15, 0.2) is 0 Å². The summed E-state index contributed by atoms with van der Waals surface area (Å²) in [5, 5.41) is 9.38. The van der Waals surface area contributed by atoms with E-state index in [1.54, 1.807) is 0 Å². The third kappa shape index (κ3) is 3.14. The Hall–Kier alpha value is -0.703. The van der Waals surface area contributed by atoms with E-state index in [2.05, 4.69) is 58.9 Å². The van der Waals surface area contributed by atoms with Gasteiger partial charge in [-0.15, -0.1) is 12.0 Å². The molecule has 0 unspecified atom stereocenters. The third-order valence-electron chi connectivity index (χ3n) is 3.45. The van der Waals surface area contributed by atoms with Crippen LogP contribution < -0.4 is 0 Å². The van der Waals surface area contributed by atoms with E-state index >= 15 is 0 Å². The van der Waals surface area contributed by atoms with Crippen LogP contribution in [0.4, 0.5) is 0 Å². The van der Waals surface area contributed by atoms with Crippen LogP contribution in [0.3, 0.4) is 0 Å². The highest BCUT2D eigenvalue weighted by Gasteiger charge is 2.41. The highest BCUT2D eigenvalue weighted by Crippen LogP contribution is 2.40. The van der Waals surface area contributed by atoms with Crippen LogP contribution in [0.1, 0.15) is 41.5 Å². The Balaban J connectivity index is 5.37. The summed E-state index contributed by atoms with van der Waals surface area (Å²) < 4.78 is 0. The van der Waals surface area contributed by atoms with Gasteiger partial charge in [0.05, 0.1) is 0 Å². The summed E-state index contributed by atoms with van der Waals surface area (Å²) in [5.74, 6) is 5.11. The van der Waals surface area contributed by atoms with Gasteiger partial charge in [0.2, 0.25) is 0 Å². The van der Waals surface area contributed by atoms with E-state index in [0.29, 0.717) is 16.6 Å². The minimum absolute atomic E-state index is 0.574. The zero-order chi connectivity index (χ0) is 12.9. The first-order valence-electron chi connectivity index (χ1n) is 5.95. The SMILES string of the molecule is C#C[C@H](O)C#C[Si](C(C)C)(C(C)C)C(C)C. The van der Waals surface area contributed by atoms with Gasteiger partial charge in [0.25, 0.3) is 0 Å². The van der Waals surface area contributed by atoms with Crippen molar-refractivity contribution in [1.82, 2.24) is 0 Å². The molecule has 0 spiro atoms. The predicted octanol–water partition coefficient (Wildman–Crippen LogP) is 3.20. The molecule has 0 amide bonds. The number of hydrogen-bond acceptors (Lipinski definition) is 1. The van der Waals surface area contributed by atoms with Gasteiger partial charge in [-0.1, -0.05) is 53.4 Å². The Labute approximate surface area is 102 Å². The highest BCUT2D eigenvalue weighted by molar-refractivity contribution is 6.90. The average molecular weight is 236 g/mol. The average Bonchev–Trinajstić information content (AvgIpc) is 2.16. The first-order chi connectivity index (χ1) is 7.28. The Morgan fingerprint density at radius 3 is 1.56 bits per heavy atom. The van der Waals surface area contributed by atoms with E-state index < -0.39 is 14.2 Å². The lowest BCUT2D eigenvalue weighted by Crippen LogP contribution is -2.43. The molecule has 0 aliphatic rings. The molecule has 0 fully saturated rings. The summed E-state index contributed by atoms with van der Waals surface area (Å²) in [6.45, 7) is 13.4. The fraction of sp³-hybridized carbons (Fsp3) is 0.714. The number of rotatable bonds is 3. The minimum atomic E-state index is -1.72. The van der Waals surface area contributed by atoms with Gasteiger partial charge in [0.1, 0.15) is 8.07 Å². The molecular weight excluding hydrogens is 212 g/mol. The molecule has 0 saturated carbocycles. The smallest absolute Gasteiger partial charge is 0.175 e. The maximum atomic E-state index is 9.38. The van der Waals surface area contributed by atoms with Crippen LogP contribution in [-0.2, 0) is 0 Å². The third-order valence-corrected chi connectivity index (χ3v) is 9.76. The van der Waals surface area contributed by atoms with Gasteiger partial charge in [-0.25, -0.2) is 0 Å². The molecule has 0 aromatic carbocycles. The van der Waals surface area contributed by atoms with Crippen LogP contribution in [0, 0.1) is 23.8 Å². The summed E-state index contributed by atoms with van der Waals surface area (Å²) in [4.78, 5) is 0. The van der Waals surface area contributed by atoms with E-state index in [9.17, 15) is 5.11 Å². The van der Waals surface area contributed by atoms with Crippen LogP contribution >= 0.6 is 0 Å². The van der Waals surface area contributed by atoms with Crippen LogP contribution in [-0.4, -0.2) is 19.3 Å². The number of aliphatic hydroxyl groups is 1. The Bertz CT molecular complexity index is 290.